The van der Waals surface area contributed by atoms with Crippen molar-refractivity contribution in [2.24, 2.45) is 0 Å². The second kappa shape index (κ2) is 5.45. The molecule has 0 amide bonds. The molecule has 1 N–H and O–H groups in total. The van der Waals surface area contributed by atoms with Crippen LogP contribution in [-0.4, -0.2) is 24.1 Å². The molecule has 0 spiro atoms. The van der Waals surface area contributed by atoms with Gasteiger partial charge in [-0.15, -0.1) is 0 Å². The Bertz CT molecular complexity index is 455. The molecule has 2 aromatic heterocycles. The maximum Gasteiger partial charge on any atom is 0.297 e. The second-order valence-corrected chi connectivity index (χ2v) is 3.83. The third-order valence-corrected chi connectivity index (χ3v) is 2.35. The molecule has 2 rings (SSSR count). The number of oxazole rings is 1. The minimum atomic E-state index is 0.612. The highest BCUT2D eigenvalue weighted by molar-refractivity contribution is 5.26. The van der Waals surface area contributed by atoms with Gasteiger partial charge in [0.15, 0.2) is 0 Å². The van der Waals surface area contributed by atoms with Crippen LogP contribution in [0.3, 0.4) is 0 Å². The van der Waals surface area contributed by atoms with Gasteiger partial charge in [-0.05, 0) is 19.2 Å². The number of hydrogen-bond donors (Lipinski definition) is 1. The summed E-state index contributed by atoms with van der Waals surface area (Å²) in [4.78, 5) is 10.6. The Balaban J connectivity index is 2.01. The van der Waals surface area contributed by atoms with E-state index in [9.17, 15) is 0 Å². The summed E-state index contributed by atoms with van der Waals surface area (Å²) in [6.07, 6.45) is 3.45. The predicted octanol–water partition coefficient (Wildman–Crippen LogP) is 1.43. The topological polar surface area (TPSA) is 54.2 Å². The Morgan fingerprint density at radius 3 is 2.94 bits per heavy atom. The Morgan fingerprint density at radius 2 is 2.24 bits per heavy atom. The van der Waals surface area contributed by atoms with Crippen molar-refractivity contribution in [1.29, 1.82) is 0 Å². The SMILES string of the molecule is CNCc1coc(N(C)Cc2ccccn2)n1. The maximum atomic E-state index is 5.40. The fourth-order valence-electron chi connectivity index (χ4n) is 1.54. The van der Waals surface area contributed by atoms with Gasteiger partial charge < -0.3 is 14.6 Å². The van der Waals surface area contributed by atoms with E-state index in [1.807, 2.05) is 37.2 Å². The van der Waals surface area contributed by atoms with Crippen molar-refractivity contribution in [2.75, 3.05) is 19.0 Å². The summed E-state index contributed by atoms with van der Waals surface area (Å²) in [6.45, 7) is 1.39. The number of rotatable bonds is 5. The zero-order valence-electron chi connectivity index (χ0n) is 10.1. The van der Waals surface area contributed by atoms with Crippen LogP contribution < -0.4 is 10.2 Å². The van der Waals surface area contributed by atoms with Crippen LogP contribution in [0.2, 0.25) is 0 Å². The van der Waals surface area contributed by atoms with Crippen LogP contribution in [0, 0.1) is 0 Å². The monoisotopic (exact) mass is 232 g/mol. The van der Waals surface area contributed by atoms with Crippen LogP contribution in [-0.2, 0) is 13.1 Å². The van der Waals surface area contributed by atoms with Gasteiger partial charge in [0, 0.05) is 19.8 Å². The summed E-state index contributed by atoms with van der Waals surface area (Å²) in [5, 5.41) is 3.03. The molecule has 0 aliphatic carbocycles. The second-order valence-electron chi connectivity index (χ2n) is 3.83. The molecule has 0 radical (unpaired) electrons. The van der Waals surface area contributed by atoms with E-state index < -0.39 is 0 Å². The smallest absolute Gasteiger partial charge is 0.297 e. The van der Waals surface area contributed by atoms with E-state index in [4.69, 9.17) is 4.42 Å². The van der Waals surface area contributed by atoms with Gasteiger partial charge in [-0.1, -0.05) is 6.07 Å². The number of aromatic nitrogens is 2. The van der Waals surface area contributed by atoms with Crippen LogP contribution in [0.15, 0.2) is 35.1 Å². The van der Waals surface area contributed by atoms with Crippen molar-refractivity contribution in [3.8, 4) is 0 Å². The standard InChI is InChI=1S/C12H16N4O/c1-13-7-11-9-17-12(15-11)16(2)8-10-5-3-4-6-14-10/h3-6,9,13H,7-8H2,1-2H3. The molecule has 0 aromatic carbocycles. The number of nitrogens with one attached hydrogen (secondary N) is 1. The molecule has 5 heteroatoms. The van der Waals surface area contributed by atoms with E-state index in [0.29, 0.717) is 19.1 Å². The molecule has 2 aromatic rings. The summed E-state index contributed by atoms with van der Waals surface area (Å²) in [5.74, 6) is 0. The zero-order valence-corrected chi connectivity index (χ0v) is 10.1. The molecular formula is C12H16N4O. The van der Waals surface area contributed by atoms with Crippen LogP contribution in [0.5, 0.6) is 0 Å². The highest BCUT2D eigenvalue weighted by Crippen LogP contribution is 2.13. The highest BCUT2D eigenvalue weighted by atomic mass is 16.4. The largest absolute Gasteiger partial charge is 0.432 e. The molecular weight excluding hydrogens is 216 g/mol. The van der Waals surface area contributed by atoms with Gasteiger partial charge in [-0.2, -0.15) is 4.98 Å². The molecule has 0 atom stereocenters. The predicted molar refractivity (Wildman–Crippen MR) is 65.6 cm³/mol. The van der Waals surface area contributed by atoms with Crippen molar-refractivity contribution in [2.45, 2.75) is 13.1 Å². The van der Waals surface area contributed by atoms with Crippen molar-refractivity contribution in [3.63, 3.8) is 0 Å². The summed E-state index contributed by atoms with van der Waals surface area (Å²) < 4.78 is 5.40. The summed E-state index contributed by atoms with van der Waals surface area (Å²) in [5.41, 5.74) is 1.89. The van der Waals surface area contributed by atoms with Crippen LogP contribution in [0.4, 0.5) is 6.01 Å². The number of hydrogen-bond acceptors (Lipinski definition) is 5. The summed E-state index contributed by atoms with van der Waals surface area (Å²) in [6, 6.07) is 6.46. The summed E-state index contributed by atoms with van der Waals surface area (Å²) >= 11 is 0. The molecule has 0 saturated heterocycles. The normalized spacial score (nSPS) is 10.5. The van der Waals surface area contributed by atoms with Gasteiger partial charge in [-0.3, -0.25) is 4.98 Å². The maximum absolute atomic E-state index is 5.40. The quantitative estimate of drug-likeness (QED) is 0.845. The molecule has 2 heterocycles. The average Bonchev–Trinajstić information content (AvgIpc) is 2.79. The minimum absolute atomic E-state index is 0.612. The van der Waals surface area contributed by atoms with Gasteiger partial charge in [-0.25, -0.2) is 0 Å². The van der Waals surface area contributed by atoms with Gasteiger partial charge in [0.05, 0.1) is 17.9 Å². The molecule has 0 aliphatic heterocycles. The van der Waals surface area contributed by atoms with Crippen LogP contribution in [0.1, 0.15) is 11.4 Å². The Morgan fingerprint density at radius 1 is 1.35 bits per heavy atom. The number of nitrogens with zero attached hydrogens (tertiary/aromatic N) is 3. The Kier molecular flexibility index (Phi) is 3.72. The van der Waals surface area contributed by atoms with Crippen molar-refractivity contribution >= 4 is 6.01 Å². The Labute approximate surface area is 100 Å². The van der Waals surface area contributed by atoms with Gasteiger partial charge >= 0.3 is 0 Å². The van der Waals surface area contributed by atoms with Crippen LogP contribution in [0.25, 0.3) is 0 Å². The summed E-state index contributed by atoms with van der Waals surface area (Å²) in [7, 11) is 3.82. The van der Waals surface area contributed by atoms with E-state index in [2.05, 4.69) is 15.3 Å². The fourth-order valence-corrected chi connectivity index (χ4v) is 1.54. The first kappa shape index (κ1) is 11.6. The van der Waals surface area contributed by atoms with Gasteiger partial charge in [0.2, 0.25) is 0 Å². The lowest BCUT2D eigenvalue weighted by Gasteiger charge is -2.13. The average molecular weight is 232 g/mol. The lowest BCUT2D eigenvalue weighted by atomic mass is 10.3. The third-order valence-electron chi connectivity index (χ3n) is 2.35. The van der Waals surface area contributed by atoms with Crippen LogP contribution >= 0.6 is 0 Å². The van der Waals surface area contributed by atoms with Gasteiger partial charge in [0.25, 0.3) is 6.01 Å². The zero-order chi connectivity index (χ0) is 12.1. The van der Waals surface area contributed by atoms with E-state index in [-0.39, 0.29) is 0 Å². The van der Waals surface area contributed by atoms with Gasteiger partial charge in [0.1, 0.15) is 6.26 Å². The van der Waals surface area contributed by atoms with Crippen molar-refractivity contribution in [3.05, 3.63) is 42.0 Å². The molecule has 0 saturated carbocycles. The minimum Gasteiger partial charge on any atom is -0.432 e. The third kappa shape index (κ3) is 3.04. The number of anilines is 1. The van der Waals surface area contributed by atoms with Crippen molar-refractivity contribution < 1.29 is 4.42 Å². The van der Waals surface area contributed by atoms with E-state index >= 15 is 0 Å². The van der Waals surface area contributed by atoms with Crippen molar-refractivity contribution in [1.82, 2.24) is 15.3 Å². The molecule has 90 valence electrons. The first-order valence-electron chi connectivity index (χ1n) is 5.49. The van der Waals surface area contributed by atoms with E-state index in [1.54, 1.807) is 12.5 Å². The van der Waals surface area contributed by atoms with E-state index in [0.717, 1.165) is 11.4 Å². The van der Waals surface area contributed by atoms with E-state index in [1.165, 1.54) is 0 Å². The number of pyridine rings is 1. The molecule has 0 unspecified atom stereocenters. The molecule has 0 aliphatic rings. The molecule has 0 fully saturated rings. The Hall–Kier alpha value is -1.88. The fraction of sp³-hybridized carbons (Fsp3) is 0.333. The first-order chi connectivity index (χ1) is 8.29. The lowest BCUT2D eigenvalue weighted by molar-refractivity contribution is 0.542. The molecule has 17 heavy (non-hydrogen) atoms. The molecule has 0 bridgehead atoms. The highest BCUT2D eigenvalue weighted by Gasteiger charge is 2.09. The molecule has 5 nitrogen and oxygen atoms in total. The lowest BCUT2D eigenvalue weighted by Crippen LogP contribution is -2.17. The first-order valence-corrected chi connectivity index (χ1v) is 5.49.